The maximum atomic E-state index is 11.9. The lowest BCUT2D eigenvalue weighted by Gasteiger charge is -2.31. The summed E-state index contributed by atoms with van der Waals surface area (Å²) in [4.78, 5) is 24.2. The highest BCUT2D eigenvalue weighted by molar-refractivity contribution is 5.86. The third kappa shape index (κ3) is 3.47. The molecule has 1 aromatic rings. The third-order valence-corrected chi connectivity index (χ3v) is 3.18. The third-order valence-electron chi connectivity index (χ3n) is 3.18. The molecule has 1 aromatic carbocycles. The van der Waals surface area contributed by atoms with Gasteiger partial charge < -0.3 is 14.7 Å². The molecule has 0 heterocycles. The number of nitrogens with zero attached hydrogens (tertiary/aromatic N) is 1. The van der Waals surface area contributed by atoms with E-state index in [-0.39, 0.29) is 12.5 Å². The van der Waals surface area contributed by atoms with Gasteiger partial charge in [0.2, 0.25) is 0 Å². The SMILES string of the molecule is Cc1ccccc1OCC(=O)N(C)C(C)(C)C(=O)O. The van der Waals surface area contributed by atoms with Crippen molar-refractivity contribution in [2.75, 3.05) is 13.7 Å². The van der Waals surface area contributed by atoms with Gasteiger partial charge in [0, 0.05) is 7.05 Å². The molecule has 0 aromatic heterocycles. The molecular formula is C14H19NO4. The minimum Gasteiger partial charge on any atom is -0.484 e. The number of hydrogen-bond donors (Lipinski definition) is 1. The molecule has 0 saturated carbocycles. The van der Waals surface area contributed by atoms with Crippen molar-refractivity contribution in [3.05, 3.63) is 29.8 Å². The van der Waals surface area contributed by atoms with Crippen LogP contribution in [0, 0.1) is 6.92 Å². The zero-order chi connectivity index (χ0) is 14.6. The lowest BCUT2D eigenvalue weighted by molar-refractivity contribution is -0.156. The van der Waals surface area contributed by atoms with Crippen molar-refractivity contribution in [3.8, 4) is 5.75 Å². The predicted octanol–water partition coefficient (Wildman–Crippen LogP) is 1.70. The van der Waals surface area contributed by atoms with Gasteiger partial charge in [-0.05, 0) is 32.4 Å². The van der Waals surface area contributed by atoms with Crippen LogP contribution in [0.25, 0.3) is 0 Å². The zero-order valence-corrected chi connectivity index (χ0v) is 11.6. The average Bonchev–Trinajstić information content (AvgIpc) is 2.36. The van der Waals surface area contributed by atoms with Gasteiger partial charge >= 0.3 is 5.97 Å². The quantitative estimate of drug-likeness (QED) is 0.879. The normalized spacial score (nSPS) is 10.9. The Balaban J connectivity index is 2.66. The number of rotatable bonds is 5. The van der Waals surface area contributed by atoms with Gasteiger partial charge in [-0.2, -0.15) is 0 Å². The second-order valence-electron chi connectivity index (χ2n) is 4.87. The summed E-state index contributed by atoms with van der Waals surface area (Å²) in [5.74, 6) is -0.813. The number of ether oxygens (including phenoxy) is 1. The van der Waals surface area contributed by atoms with E-state index in [4.69, 9.17) is 9.84 Å². The molecule has 0 spiro atoms. The number of benzene rings is 1. The Morgan fingerprint density at radius 2 is 1.89 bits per heavy atom. The summed E-state index contributed by atoms with van der Waals surface area (Å²) in [6.07, 6.45) is 0. The van der Waals surface area contributed by atoms with Crippen molar-refractivity contribution in [2.24, 2.45) is 0 Å². The first-order valence-corrected chi connectivity index (χ1v) is 5.95. The smallest absolute Gasteiger partial charge is 0.329 e. The molecule has 5 heteroatoms. The van der Waals surface area contributed by atoms with Crippen LogP contribution in [0.5, 0.6) is 5.75 Å². The van der Waals surface area contributed by atoms with Crippen molar-refractivity contribution in [1.29, 1.82) is 0 Å². The van der Waals surface area contributed by atoms with E-state index in [2.05, 4.69) is 0 Å². The maximum absolute atomic E-state index is 11.9. The van der Waals surface area contributed by atoms with Gasteiger partial charge in [0.25, 0.3) is 5.91 Å². The van der Waals surface area contributed by atoms with Gasteiger partial charge in [-0.15, -0.1) is 0 Å². The molecule has 1 N–H and O–H groups in total. The van der Waals surface area contributed by atoms with E-state index in [1.807, 2.05) is 25.1 Å². The lowest BCUT2D eigenvalue weighted by atomic mass is 10.0. The summed E-state index contributed by atoms with van der Waals surface area (Å²) in [6.45, 7) is 4.64. The van der Waals surface area contributed by atoms with Crippen molar-refractivity contribution in [1.82, 2.24) is 4.90 Å². The molecule has 1 amide bonds. The molecule has 104 valence electrons. The number of hydrogen-bond acceptors (Lipinski definition) is 3. The first kappa shape index (κ1) is 15.0. The van der Waals surface area contributed by atoms with Crippen LogP contribution in [0.3, 0.4) is 0 Å². The standard InChI is InChI=1S/C14H19NO4/c1-10-7-5-6-8-11(10)19-9-12(16)15(4)14(2,3)13(17)18/h5-8H,9H2,1-4H3,(H,17,18). The first-order chi connectivity index (χ1) is 8.76. The van der Waals surface area contributed by atoms with E-state index in [9.17, 15) is 9.59 Å². The van der Waals surface area contributed by atoms with E-state index < -0.39 is 11.5 Å². The molecule has 0 fully saturated rings. The summed E-state index contributed by atoms with van der Waals surface area (Å²) in [7, 11) is 1.46. The van der Waals surface area contributed by atoms with Crippen molar-refractivity contribution < 1.29 is 19.4 Å². The van der Waals surface area contributed by atoms with Gasteiger partial charge in [-0.3, -0.25) is 4.79 Å². The highest BCUT2D eigenvalue weighted by atomic mass is 16.5. The van der Waals surface area contributed by atoms with Crippen LogP contribution in [-0.2, 0) is 9.59 Å². The first-order valence-electron chi connectivity index (χ1n) is 5.95. The number of carbonyl (C=O) groups excluding carboxylic acids is 1. The van der Waals surface area contributed by atoms with Crippen LogP contribution >= 0.6 is 0 Å². The van der Waals surface area contributed by atoms with Gasteiger partial charge in [0.15, 0.2) is 6.61 Å². The fourth-order valence-electron chi connectivity index (χ4n) is 1.41. The van der Waals surface area contributed by atoms with E-state index in [1.54, 1.807) is 6.07 Å². The van der Waals surface area contributed by atoms with E-state index in [0.29, 0.717) is 5.75 Å². The summed E-state index contributed by atoms with van der Waals surface area (Å²) in [5, 5.41) is 9.06. The fraction of sp³-hybridized carbons (Fsp3) is 0.429. The molecule has 0 aliphatic heterocycles. The number of amides is 1. The number of para-hydroxylation sites is 1. The highest BCUT2D eigenvalue weighted by Crippen LogP contribution is 2.17. The van der Waals surface area contributed by atoms with E-state index >= 15 is 0 Å². The fourth-order valence-corrected chi connectivity index (χ4v) is 1.41. The number of aliphatic carboxylic acids is 1. The van der Waals surface area contributed by atoms with Gasteiger partial charge in [-0.1, -0.05) is 18.2 Å². The van der Waals surface area contributed by atoms with Gasteiger partial charge in [0.05, 0.1) is 0 Å². The minimum atomic E-state index is -1.26. The average molecular weight is 265 g/mol. The van der Waals surface area contributed by atoms with Gasteiger partial charge in [-0.25, -0.2) is 4.79 Å². The highest BCUT2D eigenvalue weighted by Gasteiger charge is 2.35. The van der Waals surface area contributed by atoms with Crippen molar-refractivity contribution in [3.63, 3.8) is 0 Å². The second-order valence-corrected chi connectivity index (χ2v) is 4.87. The van der Waals surface area contributed by atoms with Crippen LogP contribution in [0.4, 0.5) is 0 Å². The Morgan fingerprint density at radius 1 is 1.32 bits per heavy atom. The van der Waals surface area contributed by atoms with Crippen LogP contribution in [-0.4, -0.2) is 41.1 Å². The Labute approximate surface area is 112 Å². The second kappa shape index (κ2) is 5.73. The van der Waals surface area contributed by atoms with Crippen LogP contribution in [0.1, 0.15) is 19.4 Å². The molecule has 1 rings (SSSR count). The van der Waals surface area contributed by atoms with Crippen molar-refractivity contribution >= 4 is 11.9 Å². The molecular weight excluding hydrogens is 246 g/mol. The van der Waals surface area contributed by atoms with Crippen LogP contribution in [0.15, 0.2) is 24.3 Å². The maximum Gasteiger partial charge on any atom is 0.329 e. The van der Waals surface area contributed by atoms with E-state index in [0.717, 1.165) is 5.56 Å². The molecule has 0 atom stereocenters. The topological polar surface area (TPSA) is 66.8 Å². The Hall–Kier alpha value is -2.04. The predicted molar refractivity (Wildman–Crippen MR) is 71.2 cm³/mol. The molecule has 5 nitrogen and oxygen atoms in total. The molecule has 0 radical (unpaired) electrons. The molecule has 0 saturated heterocycles. The summed E-state index contributed by atoms with van der Waals surface area (Å²) < 4.78 is 5.41. The molecule has 0 unspecified atom stereocenters. The number of carbonyl (C=O) groups is 2. The molecule has 0 aliphatic carbocycles. The molecule has 0 bridgehead atoms. The van der Waals surface area contributed by atoms with Crippen LogP contribution in [0.2, 0.25) is 0 Å². The van der Waals surface area contributed by atoms with Crippen molar-refractivity contribution in [2.45, 2.75) is 26.3 Å². The van der Waals surface area contributed by atoms with Crippen LogP contribution < -0.4 is 4.74 Å². The number of aryl methyl sites for hydroxylation is 1. The monoisotopic (exact) mass is 265 g/mol. The van der Waals surface area contributed by atoms with Gasteiger partial charge in [0.1, 0.15) is 11.3 Å². The number of carboxylic acids is 1. The number of likely N-dealkylation sites (N-methyl/N-ethyl adjacent to an activating group) is 1. The minimum absolute atomic E-state index is 0.182. The lowest BCUT2D eigenvalue weighted by Crippen LogP contribution is -2.52. The summed E-state index contributed by atoms with van der Waals surface area (Å²) in [5.41, 5.74) is -0.331. The Kier molecular flexibility index (Phi) is 4.53. The largest absolute Gasteiger partial charge is 0.484 e. The summed E-state index contributed by atoms with van der Waals surface area (Å²) >= 11 is 0. The number of carboxylic acid groups (broad SMARTS) is 1. The zero-order valence-electron chi connectivity index (χ0n) is 11.6. The Bertz CT molecular complexity index is 482. The summed E-state index contributed by atoms with van der Waals surface area (Å²) in [6, 6.07) is 7.34. The van der Waals surface area contributed by atoms with E-state index in [1.165, 1.54) is 25.8 Å². The molecule has 19 heavy (non-hydrogen) atoms. The Morgan fingerprint density at radius 3 is 2.42 bits per heavy atom. The molecule has 0 aliphatic rings.